The first-order chi connectivity index (χ1) is 2.00. The topological polar surface area (TPSA) is 68.3 Å². The summed E-state index contributed by atoms with van der Waals surface area (Å²) < 4.78 is 34.4. The van der Waals surface area contributed by atoms with Crippen LogP contribution in [0.15, 0.2) is 0 Å². The molecule has 0 spiro atoms. The van der Waals surface area contributed by atoms with Gasteiger partial charge in [0.05, 0.1) is 0 Å². The first-order valence-corrected chi connectivity index (χ1v) is 3.42. The third-order valence-electron chi connectivity index (χ3n) is 0. The molecule has 5 heteroatoms. The molecule has 0 amide bonds. The third-order valence-corrected chi connectivity index (χ3v) is 0. The Kier molecular flexibility index (Phi) is 0.867. The Morgan fingerprint density at radius 3 is 0.800 bits per heavy atom. The number of rotatable bonds is 0. The van der Waals surface area contributed by atoms with Crippen LogP contribution in [0.5, 0.6) is 0 Å². The molecule has 0 fully saturated rings. The van der Waals surface area contributed by atoms with E-state index in [0.717, 1.165) is 0 Å². The van der Waals surface area contributed by atoms with E-state index in [1.165, 1.54) is 0 Å². The fraction of sp³-hybridized carbons (Fsp3) is 0. The summed E-state index contributed by atoms with van der Waals surface area (Å²) in [5, 5.41) is 0. The van der Waals surface area contributed by atoms with E-state index in [-0.39, 0.29) is 0 Å². The Morgan fingerprint density at radius 1 is 0.800 bits per heavy atom. The van der Waals surface area contributed by atoms with Crippen molar-refractivity contribution in [2.24, 2.45) is 0 Å². The quantitative estimate of drug-likeness (QED) is 0.460. The standard InChI is InChI=1S/4O.Ru/i;;;;1+5. The summed E-state index contributed by atoms with van der Waals surface area (Å²) in [4.78, 5) is 0. The van der Waals surface area contributed by atoms with E-state index in [4.69, 9.17) is 14.3 Å². The van der Waals surface area contributed by atoms with Crippen LogP contribution < -0.4 is 0 Å². The van der Waals surface area contributed by atoms with Gasteiger partial charge in [0.15, 0.2) is 0 Å². The van der Waals surface area contributed by atoms with Crippen molar-refractivity contribution >= 4 is 0 Å². The zero-order chi connectivity index (χ0) is 4.50. The van der Waals surface area contributed by atoms with Crippen LogP contribution in [0.2, 0.25) is 0 Å². The second-order valence-corrected chi connectivity index (χ2v) is 2.09. The van der Waals surface area contributed by atoms with Crippen LogP contribution >= 0.6 is 0 Å². The van der Waals surface area contributed by atoms with Crippen LogP contribution in [0.1, 0.15) is 0 Å². The summed E-state index contributed by atoms with van der Waals surface area (Å²) in [5.41, 5.74) is 0. The molecule has 0 aromatic rings. The molecule has 0 radical (unpaired) electrons. The molecule has 0 aromatic carbocycles. The van der Waals surface area contributed by atoms with Gasteiger partial charge in [-0.2, -0.15) is 0 Å². The Balaban J connectivity index is 6.05. The Hall–Kier alpha value is -0.177. The van der Waals surface area contributed by atoms with Crippen molar-refractivity contribution in [2.75, 3.05) is 0 Å². The summed E-state index contributed by atoms with van der Waals surface area (Å²) in [6.45, 7) is 0. The van der Waals surface area contributed by atoms with Gasteiger partial charge in [-0.3, -0.25) is 0 Å². The van der Waals surface area contributed by atoms with Crippen molar-refractivity contribution in [2.45, 2.75) is 0 Å². The molecule has 0 atom stereocenters. The predicted octanol–water partition coefficient (Wildman–Crippen LogP) is -0.478. The monoisotopic (exact) mass is 170 g/mol. The second kappa shape index (κ2) is 0.899. The van der Waals surface area contributed by atoms with Crippen LogP contribution in [0.25, 0.3) is 0 Å². The molecule has 0 N–H and O–H groups in total. The maximum atomic E-state index is 8.61. The van der Waals surface area contributed by atoms with Gasteiger partial charge in [-0.25, -0.2) is 0 Å². The van der Waals surface area contributed by atoms with Crippen molar-refractivity contribution in [3.63, 3.8) is 0 Å². The first-order valence-electron chi connectivity index (χ1n) is 0.577. The molecule has 0 aliphatic heterocycles. The van der Waals surface area contributed by atoms with Gasteiger partial charge >= 0.3 is 28.9 Å². The van der Waals surface area contributed by atoms with E-state index in [1.54, 1.807) is 0 Å². The third kappa shape index (κ3) is 407. The van der Waals surface area contributed by atoms with Crippen molar-refractivity contribution in [3.8, 4) is 0 Å². The van der Waals surface area contributed by atoms with E-state index in [9.17, 15) is 0 Å². The van der Waals surface area contributed by atoms with Gasteiger partial charge in [-0.05, 0) is 0 Å². The van der Waals surface area contributed by atoms with Crippen LogP contribution in [0.3, 0.4) is 0 Å². The fourth-order valence-electron chi connectivity index (χ4n) is 0. The SMILES string of the molecule is [O]=[106Ru](=[O])(=[O])=[O]. The van der Waals surface area contributed by atoms with Crippen LogP contribution in [-0.4, -0.2) is 0 Å². The molecule has 0 unspecified atom stereocenters. The summed E-state index contributed by atoms with van der Waals surface area (Å²) in [7, 11) is 0. The Bertz CT molecular complexity index is 155. The minimum atomic E-state index is -5.86. The fourth-order valence-corrected chi connectivity index (χ4v) is 0. The Morgan fingerprint density at radius 2 is 0.800 bits per heavy atom. The molecule has 0 rings (SSSR count). The van der Waals surface area contributed by atoms with Gasteiger partial charge < -0.3 is 0 Å². The van der Waals surface area contributed by atoms with Crippen molar-refractivity contribution in [1.29, 1.82) is 0 Å². The molecule has 32 valence electrons. The Labute approximate surface area is 29.7 Å². The molecular formula is O4Ru. The van der Waals surface area contributed by atoms with Gasteiger partial charge in [0.2, 0.25) is 0 Å². The summed E-state index contributed by atoms with van der Waals surface area (Å²) in [6, 6.07) is 0. The van der Waals surface area contributed by atoms with Crippen molar-refractivity contribution < 1.29 is 28.9 Å². The molecular weight excluding hydrogens is 170 g/mol. The molecule has 0 aromatic heterocycles. The van der Waals surface area contributed by atoms with Gasteiger partial charge in [0.1, 0.15) is 0 Å². The van der Waals surface area contributed by atoms with E-state index in [2.05, 4.69) is 0 Å². The molecule has 0 bridgehead atoms. The maximum absolute atomic E-state index is 8.61. The van der Waals surface area contributed by atoms with E-state index >= 15 is 0 Å². The molecule has 0 saturated heterocycles. The second-order valence-electron chi connectivity index (χ2n) is 0.354. The van der Waals surface area contributed by atoms with Crippen molar-refractivity contribution in [3.05, 3.63) is 0 Å². The number of hydrogen-bond acceptors (Lipinski definition) is 4. The van der Waals surface area contributed by atoms with Gasteiger partial charge in [-0.15, -0.1) is 0 Å². The molecule has 0 aliphatic carbocycles. The molecule has 0 saturated carbocycles. The molecule has 0 heterocycles. The van der Waals surface area contributed by atoms with Crippen LogP contribution in [0, 0.1) is 0 Å². The van der Waals surface area contributed by atoms with Crippen molar-refractivity contribution in [1.82, 2.24) is 0 Å². The molecule has 5 heavy (non-hydrogen) atoms. The average Bonchev–Trinajstić information content (AvgIpc) is 0.722. The van der Waals surface area contributed by atoms with Crippen LogP contribution in [-0.2, 0) is 28.9 Å². The van der Waals surface area contributed by atoms with E-state index in [1.807, 2.05) is 0 Å². The number of hydrogen-bond donors (Lipinski definition) is 0. The summed E-state index contributed by atoms with van der Waals surface area (Å²) >= 11 is -5.86. The van der Waals surface area contributed by atoms with Gasteiger partial charge in [0, 0.05) is 0 Å². The normalized spacial score (nSPS) is 11.2. The van der Waals surface area contributed by atoms with E-state index < -0.39 is 14.6 Å². The average molecular weight is 170 g/mol. The summed E-state index contributed by atoms with van der Waals surface area (Å²) in [5.74, 6) is 0. The summed E-state index contributed by atoms with van der Waals surface area (Å²) in [6.07, 6.45) is 0. The zero-order valence-electron chi connectivity index (χ0n) is 1.99. The minimum absolute atomic E-state index is 5.86. The molecule has 0 aliphatic rings. The van der Waals surface area contributed by atoms with Gasteiger partial charge in [-0.1, -0.05) is 0 Å². The van der Waals surface area contributed by atoms with Gasteiger partial charge in [0.25, 0.3) is 0 Å². The zero-order valence-corrected chi connectivity index (χ0v) is 3.72. The van der Waals surface area contributed by atoms with E-state index in [0.29, 0.717) is 0 Å². The predicted molar refractivity (Wildman–Crippen MR) is 2.75 cm³/mol. The van der Waals surface area contributed by atoms with Crippen LogP contribution in [0.4, 0.5) is 0 Å². The first kappa shape index (κ1) is 4.82. The molecule has 4 nitrogen and oxygen atoms in total.